The lowest BCUT2D eigenvalue weighted by molar-refractivity contribution is -0.133. The number of fused-ring (bicyclic) bond motifs is 1. The molecule has 0 aliphatic carbocycles. The van der Waals surface area contributed by atoms with Gasteiger partial charge in [0.15, 0.2) is 0 Å². The van der Waals surface area contributed by atoms with Gasteiger partial charge in [0.25, 0.3) is 0 Å². The Morgan fingerprint density at radius 2 is 2.47 bits per heavy atom. The maximum absolute atomic E-state index is 11.7. The van der Waals surface area contributed by atoms with Crippen molar-refractivity contribution < 1.29 is 4.79 Å². The van der Waals surface area contributed by atoms with Crippen LogP contribution in [0.4, 0.5) is 0 Å². The van der Waals surface area contributed by atoms with Gasteiger partial charge >= 0.3 is 0 Å². The number of rotatable bonds is 1. The van der Waals surface area contributed by atoms with Crippen LogP contribution in [0.25, 0.3) is 0 Å². The summed E-state index contributed by atoms with van der Waals surface area (Å²) in [7, 11) is 0. The van der Waals surface area contributed by atoms with E-state index in [1.807, 2.05) is 12.1 Å². The number of carbonyl (C=O) groups is 1. The molecule has 15 heavy (non-hydrogen) atoms. The van der Waals surface area contributed by atoms with Gasteiger partial charge < -0.3 is 10.6 Å². The van der Waals surface area contributed by atoms with E-state index in [4.69, 9.17) is 5.73 Å². The third kappa shape index (κ3) is 1.99. The highest BCUT2D eigenvalue weighted by Crippen LogP contribution is 2.16. The smallest absolute Gasteiger partial charge is 0.239 e. The summed E-state index contributed by atoms with van der Waals surface area (Å²) < 4.78 is 0. The van der Waals surface area contributed by atoms with Gasteiger partial charge in [0.2, 0.25) is 5.91 Å². The molecule has 2 heterocycles. The molecular weight excluding hydrogens is 190 g/mol. The molecule has 0 fully saturated rings. The second-order valence-electron chi connectivity index (χ2n) is 3.91. The molecule has 4 nitrogen and oxygen atoms in total. The SMILES string of the molecule is C[C@@H](N)C(=O)N1CCc2ncccc2C1. The molecule has 2 N–H and O–H groups in total. The highest BCUT2D eigenvalue weighted by atomic mass is 16.2. The molecular formula is C11H15N3O. The standard InChI is InChI=1S/C11H15N3O/c1-8(12)11(15)14-6-4-10-9(7-14)3-2-5-13-10/h2-3,5,8H,4,6-7,12H2,1H3/t8-/m1/s1. The van der Waals surface area contributed by atoms with E-state index in [1.165, 1.54) is 0 Å². The van der Waals surface area contributed by atoms with Crippen molar-refractivity contribution in [1.29, 1.82) is 0 Å². The summed E-state index contributed by atoms with van der Waals surface area (Å²) in [6.45, 7) is 3.09. The van der Waals surface area contributed by atoms with E-state index < -0.39 is 6.04 Å². The van der Waals surface area contributed by atoms with E-state index in [0.717, 1.165) is 24.2 Å². The molecule has 0 saturated carbocycles. The Morgan fingerprint density at radius 3 is 3.20 bits per heavy atom. The van der Waals surface area contributed by atoms with Crippen LogP contribution in [0.5, 0.6) is 0 Å². The minimum atomic E-state index is -0.414. The molecule has 0 aromatic carbocycles. The molecule has 4 heteroatoms. The van der Waals surface area contributed by atoms with Crippen LogP contribution in [0.3, 0.4) is 0 Å². The molecule has 0 unspecified atom stereocenters. The van der Waals surface area contributed by atoms with E-state index >= 15 is 0 Å². The van der Waals surface area contributed by atoms with Gasteiger partial charge in [-0.2, -0.15) is 0 Å². The Kier molecular flexibility index (Phi) is 2.68. The summed E-state index contributed by atoms with van der Waals surface area (Å²) in [4.78, 5) is 17.8. The number of hydrogen-bond acceptors (Lipinski definition) is 3. The summed E-state index contributed by atoms with van der Waals surface area (Å²) in [5, 5.41) is 0. The van der Waals surface area contributed by atoms with E-state index in [2.05, 4.69) is 4.98 Å². The average Bonchev–Trinajstić information content (AvgIpc) is 2.27. The van der Waals surface area contributed by atoms with E-state index in [-0.39, 0.29) is 5.91 Å². The minimum absolute atomic E-state index is 0.0181. The predicted octanol–water partition coefficient (Wildman–Crippen LogP) is 0.314. The number of pyridine rings is 1. The lowest BCUT2D eigenvalue weighted by atomic mass is 10.1. The first kappa shape index (κ1) is 10.1. The normalized spacial score (nSPS) is 17.1. The minimum Gasteiger partial charge on any atom is -0.337 e. The molecule has 2 rings (SSSR count). The molecule has 1 aliphatic heterocycles. The zero-order valence-electron chi connectivity index (χ0n) is 8.81. The van der Waals surface area contributed by atoms with Gasteiger partial charge in [0, 0.05) is 31.4 Å². The third-order valence-electron chi connectivity index (χ3n) is 2.67. The largest absolute Gasteiger partial charge is 0.337 e. The number of carbonyl (C=O) groups excluding carboxylic acids is 1. The monoisotopic (exact) mass is 205 g/mol. The van der Waals surface area contributed by atoms with Crippen molar-refractivity contribution in [1.82, 2.24) is 9.88 Å². The fourth-order valence-corrected chi connectivity index (χ4v) is 1.84. The van der Waals surface area contributed by atoms with Gasteiger partial charge in [-0.05, 0) is 18.6 Å². The van der Waals surface area contributed by atoms with Gasteiger partial charge in [-0.3, -0.25) is 9.78 Å². The number of aromatic nitrogens is 1. The second-order valence-corrected chi connectivity index (χ2v) is 3.91. The lowest BCUT2D eigenvalue weighted by Crippen LogP contribution is -2.44. The van der Waals surface area contributed by atoms with Crippen LogP contribution in [0, 0.1) is 0 Å². The summed E-state index contributed by atoms with van der Waals surface area (Å²) in [6.07, 6.45) is 2.62. The first-order valence-corrected chi connectivity index (χ1v) is 5.15. The molecule has 1 aromatic heterocycles. The lowest BCUT2D eigenvalue weighted by Gasteiger charge is -2.29. The number of nitrogens with zero attached hydrogens (tertiary/aromatic N) is 2. The highest BCUT2D eigenvalue weighted by molar-refractivity contribution is 5.81. The summed E-state index contributed by atoms with van der Waals surface area (Å²) in [6, 6.07) is 3.50. The molecule has 80 valence electrons. The Labute approximate surface area is 89.1 Å². The van der Waals surface area contributed by atoms with Crippen molar-refractivity contribution in [3.63, 3.8) is 0 Å². The Morgan fingerprint density at radius 1 is 1.67 bits per heavy atom. The molecule has 1 atom stereocenters. The maximum Gasteiger partial charge on any atom is 0.239 e. The first-order chi connectivity index (χ1) is 7.18. The first-order valence-electron chi connectivity index (χ1n) is 5.15. The van der Waals surface area contributed by atoms with Crippen LogP contribution < -0.4 is 5.73 Å². The van der Waals surface area contributed by atoms with Gasteiger partial charge in [0.05, 0.1) is 6.04 Å². The quantitative estimate of drug-likeness (QED) is 0.718. The number of nitrogens with two attached hydrogens (primary N) is 1. The zero-order chi connectivity index (χ0) is 10.8. The maximum atomic E-state index is 11.7. The summed E-state index contributed by atoms with van der Waals surface area (Å²) in [5.41, 5.74) is 7.82. The van der Waals surface area contributed by atoms with Crippen molar-refractivity contribution in [2.24, 2.45) is 5.73 Å². The average molecular weight is 205 g/mol. The topological polar surface area (TPSA) is 59.2 Å². The number of hydrogen-bond donors (Lipinski definition) is 1. The van der Waals surface area contributed by atoms with E-state index in [1.54, 1.807) is 18.0 Å². The van der Waals surface area contributed by atoms with Crippen molar-refractivity contribution in [3.8, 4) is 0 Å². The van der Waals surface area contributed by atoms with Gasteiger partial charge in [0.1, 0.15) is 0 Å². The van der Waals surface area contributed by atoms with Crippen LogP contribution in [-0.2, 0) is 17.8 Å². The van der Waals surface area contributed by atoms with E-state index in [0.29, 0.717) is 6.54 Å². The van der Waals surface area contributed by atoms with Crippen molar-refractivity contribution >= 4 is 5.91 Å². The molecule has 1 amide bonds. The Hall–Kier alpha value is -1.42. The fourth-order valence-electron chi connectivity index (χ4n) is 1.84. The van der Waals surface area contributed by atoms with Crippen molar-refractivity contribution in [2.45, 2.75) is 25.9 Å². The molecule has 0 bridgehead atoms. The summed E-state index contributed by atoms with van der Waals surface area (Å²) in [5.74, 6) is 0.0181. The Bertz CT molecular complexity index is 376. The van der Waals surface area contributed by atoms with Gasteiger partial charge in [-0.25, -0.2) is 0 Å². The molecule has 0 radical (unpaired) electrons. The van der Waals surface area contributed by atoms with Crippen LogP contribution in [0.15, 0.2) is 18.3 Å². The van der Waals surface area contributed by atoms with Crippen molar-refractivity contribution in [2.75, 3.05) is 6.54 Å². The Balaban J connectivity index is 2.15. The molecule has 0 saturated heterocycles. The fraction of sp³-hybridized carbons (Fsp3) is 0.455. The molecule has 0 spiro atoms. The second kappa shape index (κ2) is 3.98. The van der Waals surface area contributed by atoms with Gasteiger partial charge in [-0.1, -0.05) is 6.07 Å². The van der Waals surface area contributed by atoms with Crippen LogP contribution >= 0.6 is 0 Å². The highest BCUT2D eigenvalue weighted by Gasteiger charge is 2.22. The van der Waals surface area contributed by atoms with Gasteiger partial charge in [-0.15, -0.1) is 0 Å². The van der Waals surface area contributed by atoms with Crippen LogP contribution in [0.1, 0.15) is 18.2 Å². The van der Waals surface area contributed by atoms with Crippen molar-refractivity contribution in [3.05, 3.63) is 29.6 Å². The predicted molar refractivity (Wildman–Crippen MR) is 57.0 cm³/mol. The van der Waals surface area contributed by atoms with E-state index in [9.17, 15) is 4.79 Å². The zero-order valence-corrected chi connectivity index (χ0v) is 8.81. The third-order valence-corrected chi connectivity index (χ3v) is 2.67. The van der Waals surface area contributed by atoms with Crippen LogP contribution in [0.2, 0.25) is 0 Å². The van der Waals surface area contributed by atoms with Crippen LogP contribution in [-0.4, -0.2) is 28.4 Å². The number of amides is 1. The summed E-state index contributed by atoms with van der Waals surface area (Å²) >= 11 is 0. The molecule has 1 aromatic rings. The molecule has 1 aliphatic rings.